The Labute approximate surface area is 177 Å². The second-order valence-electron chi connectivity index (χ2n) is 7.55. The molecule has 0 saturated carbocycles. The standard InChI is InChI=1S/C22H18FN5OS/c1-13-11-27(12-24)21-19(13)28(21)22(29)20-25-10-18(30-20)16-4-2-3-5-17(16)26-15-8-6-14(23)7-9-15/h2-10,13,19,21,26H,11H2,1H3/t13?,19-,21?,28?/m1/s1. The van der Waals surface area contributed by atoms with Gasteiger partial charge in [-0.1, -0.05) is 25.1 Å². The summed E-state index contributed by atoms with van der Waals surface area (Å²) in [6, 6.07) is 14.0. The summed E-state index contributed by atoms with van der Waals surface area (Å²) in [6.45, 7) is 2.76. The van der Waals surface area contributed by atoms with Gasteiger partial charge in [-0.25, -0.2) is 9.37 Å². The highest BCUT2D eigenvalue weighted by molar-refractivity contribution is 7.17. The smallest absolute Gasteiger partial charge is 0.284 e. The van der Waals surface area contributed by atoms with Gasteiger partial charge in [-0.15, -0.1) is 11.3 Å². The maximum Gasteiger partial charge on any atom is 0.284 e. The molecule has 3 atom stereocenters. The zero-order valence-corrected chi connectivity index (χ0v) is 16.9. The van der Waals surface area contributed by atoms with Gasteiger partial charge >= 0.3 is 0 Å². The molecule has 3 heterocycles. The predicted molar refractivity (Wildman–Crippen MR) is 112 cm³/mol. The van der Waals surface area contributed by atoms with E-state index < -0.39 is 0 Å². The largest absolute Gasteiger partial charge is 0.355 e. The maximum atomic E-state index is 13.2. The first-order valence-corrected chi connectivity index (χ1v) is 10.5. The van der Waals surface area contributed by atoms with Gasteiger partial charge in [-0.05, 0) is 36.2 Å². The van der Waals surface area contributed by atoms with Crippen LogP contribution in [0.5, 0.6) is 0 Å². The Morgan fingerprint density at radius 2 is 2.03 bits per heavy atom. The van der Waals surface area contributed by atoms with Gasteiger partial charge < -0.3 is 10.2 Å². The van der Waals surface area contributed by atoms with Crippen LogP contribution in [0, 0.1) is 23.2 Å². The number of hydrogen-bond donors (Lipinski definition) is 1. The molecule has 0 bridgehead atoms. The van der Waals surface area contributed by atoms with Crippen molar-refractivity contribution in [3.63, 3.8) is 0 Å². The first kappa shape index (κ1) is 18.6. The maximum absolute atomic E-state index is 13.2. The summed E-state index contributed by atoms with van der Waals surface area (Å²) in [4.78, 5) is 21.6. The Morgan fingerprint density at radius 1 is 1.27 bits per heavy atom. The molecule has 2 unspecified atom stereocenters. The van der Waals surface area contributed by atoms with Crippen LogP contribution in [0.4, 0.5) is 15.8 Å². The molecule has 150 valence electrons. The van der Waals surface area contributed by atoms with E-state index >= 15 is 0 Å². The summed E-state index contributed by atoms with van der Waals surface area (Å²) < 4.78 is 13.2. The molecule has 2 saturated heterocycles. The second-order valence-corrected chi connectivity index (χ2v) is 8.58. The van der Waals surface area contributed by atoms with E-state index in [2.05, 4.69) is 23.4 Å². The van der Waals surface area contributed by atoms with Crippen LogP contribution in [0.25, 0.3) is 10.4 Å². The zero-order valence-electron chi connectivity index (χ0n) is 16.1. The fourth-order valence-corrected chi connectivity index (χ4v) is 5.02. The van der Waals surface area contributed by atoms with E-state index in [9.17, 15) is 14.4 Å². The van der Waals surface area contributed by atoms with E-state index in [4.69, 9.17) is 0 Å². The molecule has 30 heavy (non-hydrogen) atoms. The van der Waals surface area contributed by atoms with E-state index in [0.29, 0.717) is 11.6 Å². The number of anilines is 2. The molecule has 2 aromatic carbocycles. The number of nitrogens with zero attached hydrogens (tertiary/aromatic N) is 4. The van der Waals surface area contributed by atoms with Crippen molar-refractivity contribution in [2.45, 2.75) is 19.1 Å². The van der Waals surface area contributed by atoms with Crippen molar-refractivity contribution in [2.24, 2.45) is 5.92 Å². The molecule has 1 amide bonds. The Bertz CT molecular complexity index is 1150. The van der Waals surface area contributed by atoms with Gasteiger partial charge in [-0.3, -0.25) is 9.69 Å². The first-order chi connectivity index (χ1) is 14.6. The Kier molecular flexibility index (Phi) is 4.40. The number of amides is 1. The number of hydrogen-bond acceptors (Lipinski definition) is 6. The van der Waals surface area contributed by atoms with E-state index in [1.54, 1.807) is 28.1 Å². The van der Waals surface area contributed by atoms with Crippen molar-refractivity contribution in [1.82, 2.24) is 14.8 Å². The summed E-state index contributed by atoms with van der Waals surface area (Å²) in [5.74, 6) is -0.140. The van der Waals surface area contributed by atoms with Crippen LogP contribution in [-0.4, -0.2) is 39.4 Å². The summed E-state index contributed by atoms with van der Waals surface area (Å²) in [6.07, 6.45) is 3.75. The topological polar surface area (TPSA) is 72.0 Å². The minimum atomic E-state index is -0.288. The van der Waals surface area contributed by atoms with E-state index in [-0.39, 0.29) is 29.8 Å². The van der Waals surface area contributed by atoms with Gasteiger partial charge in [0.1, 0.15) is 12.0 Å². The Balaban J connectivity index is 1.38. The molecule has 2 aliphatic rings. The van der Waals surface area contributed by atoms with Gasteiger partial charge in [0.25, 0.3) is 5.91 Å². The lowest BCUT2D eigenvalue weighted by molar-refractivity contribution is 0.0816. The molecule has 3 aromatic rings. The fraction of sp³-hybridized carbons (Fsp3) is 0.227. The molecule has 5 rings (SSSR count). The summed E-state index contributed by atoms with van der Waals surface area (Å²) in [5.41, 5.74) is 2.53. The predicted octanol–water partition coefficient (Wildman–Crippen LogP) is 4.28. The third kappa shape index (κ3) is 3.08. The molecule has 1 aromatic heterocycles. The number of para-hydroxylation sites is 1. The third-order valence-corrected chi connectivity index (χ3v) is 6.59. The number of nitrogens with one attached hydrogen (secondary N) is 1. The minimum absolute atomic E-state index is 0.0944. The van der Waals surface area contributed by atoms with Crippen LogP contribution in [-0.2, 0) is 0 Å². The van der Waals surface area contributed by atoms with Gasteiger partial charge in [-0.2, -0.15) is 5.26 Å². The van der Waals surface area contributed by atoms with Crippen LogP contribution in [0.15, 0.2) is 54.7 Å². The molecule has 6 nitrogen and oxygen atoms in total. The fourth-order valence-electron chi connectivity index (χ4n) is 4.12. The van der Waals surface area contributed by atoms with Gasteiger partial charge in [0.2, 0.25) is 0 Å². The normalized spacial score (nSPS) is 21.8. The number of likely N-dealkylation sites (tertiary alicyclic amines) is 1. The molecule has 0 aliphatic carbocycles. The van der Waals surface area contributed by atoms with Crippen LogP contribution in [0.1, 0.15) is 16.7 Å². The molecule has 2 fully saturated rings. The van der Waals surface area contributed by atoms with E-state index in [1.807, 2.05) is 24.3 Å². The molecule has 1 N–H and O–H groups in total. The lowest BCUT2D eigenvalue weighted by Gasteiger charge is -2.16. The molecule has 2 aliphatic heterocycles. The molecule has 0 spiro atoms. The summed E-state index contributed by atoms with van der Waals surface area (Å²) >= 11 is 1.33. The SMILES string of the molecule is CC1CN(C#N)C2[C@@H]1N2C(=O)c1ncc(-c2ccccc2Nc2ccc(F)cc2)s1. The average Bonchev–Trinajstić information content (AvgIpc) is 3.13. The summed E-state index contributed by atoms with van der Waals surface area (Å²) in [5, 5.41) is 13.0. The van der Waals surface area contributed by atoms with Gasteiger partial charge in [0.05, 0.1) is 10.9 Å². The Hall–Kier alpha value is -3.44. The van der Waals surface area contributed by atoms with Crippen molar-refractivity contribution in [1.29, 1.82) is 5.26 Å². The number of carbonyl (C=O) groups is 1. The first-order valence-electron chi connectivity index (χ1n) is 9.63. The van der Waals surface area contributed by atoms with Crippen molar-refractivity contribution < 1.29 is 9.18 Å². The number of nitriles is 1. The molecular weight excluding hydrogens is 401 g/mol. The molecular formula is C22H18FN5OS. The number of rotatable bonds is 4. The van der Waals surface area contributed by atoms with Crippen molar-refractivity contribution in [2.75, 3.05) is 11.9 Å². The van der Waals surface area contributed by atoms with Crippen molar-refractivity contribution in [3.8, 4) is 16.6 Å². The lowest BCUT2D eigenvalue weighted by atomic mass is 10.1. The quantitative estimate of drug-likeness (QED) is 0.505. The van der Waals surface area contributed by atoms with Crippen LogP contribution in [0.3, 0.4) is 0 Å². The zero-order chi connectivity index (χ0) is 20.8. The highest BCUT2D eigenvalue weighted by Gasteiger charge is 2.62. The number of aromatic nitrogens is 1. The second kappa shape index (κ2) is 7.11. The van der Waals surface area contributed by atoms with Crippen LogP contribution in [0.2, 0.25) is 0 Å². The summed E-state index contributed by atoms with van der Waals surface area (Å²) in [7, 11) is 0. The highest BCUT2D eigenvalue weighted by Crippen LogP contribution is 2.45. The molecule has 0 radical (unpaired) electrons. The average molecular weight is 419 g/mol. The highest BCUT2D eigenvalue weighted by atomic mass is 32.1. The number of carbonyl (C=O) groups excluding carboxylic acids is 1. The Morgan fingerprint density at radius 3 is 2.80 bits per heavy atom. The van der Waals surface area contributed by atoms with Crippen molar-refractivity contribution >= 4 is 28.6 Å². The lowest BCUT2D eigenvalue weighted by Crippen LogP contribution is -2.30. The number of benzene rings is 2. The number of thiazole rings is 1. The van der Waals surface area contributed by atoms with Crippen molar-refractivity contribution in [3.05, 3.63) is 65.6 Å². The van der Waals surface area contributed by atoms with Crippen LogP contribution >= 0.6 is 11.3 Å². The van der Waals surface area contributed by atoms with Crippen LogP contribution < -0.4 is 5.32 Å². The minimum Gasteiger partial charge on any atom is -0.355 e. The van der Waals surface area contributed by atoms with E-state index in [1.165, 1.54) is 23.5 Å². The number of halogens is 1. The monoisotopic (exact) mass is 419 g/mol. The van der Waals surface area contributed by atoms with Gasteiger partial charge in [0, 0.05) is 29.7 Å². The van der Waals surface area contributed by atoms with Gasteiger partial charge in [0.15, 0.2) is 11.2 Å². The third-order valence-electron chi connectivity index (χ3n) is 5.58. The van der Waals surface area contributed by atoms with E-state index in [0.717, 1.165) is 21.8 Å². The number of fused-ring (bicyclic) bond motifs is 1. The molecule has 8 heteroatoms.